The molecule has 1 unspecified atom stereocenters. The van der Waals surface area contributed by atoms with E-state index in [9.17, 15) is 9.18 Å². The number of hydrogen-bond acceptors (Lipinski definition) is 8. The summed E-state index contributed by atoms with van der Waals surface area (Å²) in [6.45, 7) is 0.685. The van der Waals surface area contributed by atoms with Gasteiger partial charge in [0.1, 0.15) is 17.7 Å². The van der Waals surface area contributed by atoms with Crippen molar-refractivity contribution in [2.45, 2.75) is 56.9 Å². The van der Waals surface area contributed by atoms with E-state index in [0.29, 0.717) is 42.3 Å². The minimum atomic E-state index is -0.585. The largest absolute Gasteiger partial charge is 0.329 e. The molecule has 4 heterocycles. The van der Waals surface area contributed by atoms with Gasteiger partial charge >= 0.3 is 0 Å². The average molecular weight is 449 g/mol. The molecule has 3 N–H and O–H groups in total. The SMILES string of the molecule is O=C(Nc1ccc(F)nc1)C1CCCN1c1nc2c(c(Nc3n[nH]c(C4CC4)n3)n1)CCC2. The van der Waals surface area contributed by atoms with Gasteiger partial charge in [-0.05, 0) is 57.1 Å². The van der Waals surface area contributed by atoms with Crippen LogP contribution in [0.25, 0.3) is 0 Å². The van der Waals surface area contributed by atoms with E-state index in [-0.39, 0.29) is 5.91 Å². The number of aromatic nitrogens is 6. The molecule has 1 aliphatic heterocycles. The number of fused-ring (bicyclic) bond motifs is 1. The lowest BCUT2D eigenvalue weighted by Gasteiger charge is -2.25. The molecule has 1 amide bonds. The molecule has 2 aliphatic carbocycles. The summed E-state index contributed by atoms with van der Waals surface area (Å²) in [5.74, 6) is 2.39. The molecule has 1 atom stereocenters. The summed E-state index contributed by atoms with van der Waals surface area (Å²) in [4.78, 5) is 32.7. The molecule has 2 fully saturated rings. The number of pyridine rings is 1. The van der Waals surface area contributed by atoms with Crippen molar-refractivity contribution in [3.63, 3.8) is 0 Å². The lowest BCUT2D eigenvalue weighted by atomic mass is 10.2. The third kappa shape index (κ3) is 3.98. The van der Waals surface area contributed by atoms with Crippen molar-refractivity contribution in [1.82, 2.24) is 30.1 Å². The highest BCUT2D eigenvalue weighted by atomic mass is 19.1. The third-order valence-corrected chi connectivity index (χ3v) is 6.43. The molecule has 11 heteroatoms. The van der Waals surface area contributed by atoms with Gasteiger partial charge in [-0.1, -0.05) is 0 Å². The van der Waals surface area contributed by atoms with Gasteiger partial charge in [0, 0.05) is 18.0 Å². The Kier molecular flexibility index (Phi) is 4.88. The number of nitrogens with zero attached hydrogens (tertiary/aromatic N) is 6. The van der Waals surface area contributed by atoms with Crippen LogP contribution in [0, 0.1) is 5.95 Å². The maximum absolute atomic E-state index is 13.1. The average Bonchev–Trinajstić information content (AvgIpc) is 3.20. The van der Waals surface area contributed by atoms with E-state index >= 15 is 0 Å². The predicted octanol–water partition coefficient (Wildman–Crippen LogP) is 2.85. The van der Waals surface area contributed by atoms with Crippen molar-refractivity contribution in [1.29, 1.82) is 0 Å². The Morgan fingerprint density at radius 2 is 2.03 bits per heavy atom. The number of halogens is 1. The second kappa shape index (κ2) is 8.05. The summed E-state index contributed by atoms with van der Waals surface area (Å²) in [6.07, 6.45) is 7.95. The maximum Gasteiger partial charge on any atom is 0.247 e. The normalized spacial score (nSPS) is 19.5. The van der Waals surface area contributed by atoms with Gasteiger partial charge in [0.15, 0.2) is 0 Å². The van der Waals surface area contributed by atoms with E-state index in [0.717, 1.165) is 55.6 Å². The lowest BCUT2D eigenvalue weighted by molar-refractivity contribution is -0.117. The molecule has 3 aliphatic rings. The number of aromatic amines is 1. The van der Waals surface area contributed by atoms with Crippen molar-refractivity contribution < 1.29 is 9.18 Å². The molecule has 10 nitrogen and oxygen atoms in total. The second-order valence-corrected chi connectivity index (χ2v) is 8.80. The first kappa shape index (κ1) is 20.0. The molecule has 1 saturated heterocycles. The van der Waals surface area contributed by atoms with Crippen LogP contribution in [0.4, 0.5) is 27.8 Å². The molecule has 0 aromatic carbocycles. The summed E-state index contributed by atoms with van der Waals surface area (Å²) in [5.41, 5.74) is 2.56. The van der Waals surface area contributed by atoms with Gasteiger partial charge in [-0.3, -0.25) is 9.89 Å². The van der Waals surface area contributed by atoms with Gasteiger partial charge in [-0.15, -0.1) is 5.10 Å². The Morgan fingerprint density at radius 1 is 1.12 bits per heavy atom. The van der Waals surface area contributed by atoms with Crippen LogP contribution in [0.5, 0.6) is 0 Å². The Balaban J connectivity index is 1.25. The van der Waals surface area contributed by atoms with Crippen LogP contribution in [-0.2, 0) is 17.6 Å². The van der Waals surface area contributed by atoms with E-state index in [4.69, 9.17) is 9.97 Å². The number of hydrogen-bond donors (Lipinski definition) is 3. The molecule has 1 saturated carbocycles. The van der Waals surface area contributed by atoms with E-state index in [1.165, 1.54) is 18.3 Å². The standard InChI is InChI=1S/C22H24FN9O/c23-17-9-8-13(11-24-17)25-20(33)16-5-2-10-32(16)22-26-15-4-1-3-14(15)19(29-22)28-21-27-18(30-31-21)12-6-7-12/h8-9,11-12,16H,1-7,10H2,(H,25,33)(H2,26,27,28,29,30,31). The van der Waals surface area contributed by atoms with Gasteiger partial charge in [0.2, 0.25) is 23.8 Å². The number of rotatable bonds is 6. The monoisotopic (exact) mass is 449 g/mol. The first-order valence-electron chi connectivity index (χ1n) is 11.4. The fraction of sp³-hybridized carbons (Fsp3) is 0.455. The zero-order chi connectivity index (χ0) is 22.4. The van der Waals surface area contributed by atoms with E-state index < -0.39 is 12.0 Å². The van der Waals surface area contributed by atoms with Crippen molar-refractivity contribution in [3.05, 3.63) is 41.4 Å². The van der Waals surface area contributed by atoms with E-state index in [2.05, 4.69) is 30.8 Å². The van der Waals surface area contributed by atoms with Crippen LogP contribution < -0.4 is 15.5 Å². The number of H-pyrrole nitrogens is 1. The number of amides is 1. The van der Waals surface area contributed by atoms with Crippen molar-refractivity contribution >= 4 is 29.3 Å². The first-order chi connectivity index (χ1) is 16.1. The van der Waals surface area contributed by atoms with Crippen LogP contribution >= 0.6 is 0 Å². The van der Waals surface area contributed by atoms with Gasteiger partial charge < -0.3 is 15.5 Å². The lowest BCUT2D eigenvalue weighted by Crippen LogP contribution is -2.40. The molecule has 170 valence electrons. The zero-order valence-electron chi connectivity index (χ0n) is 18.0. The van der Waals surface area contributed by atoms with Crippen LogP contribution in [-0.4, -0.2) is 48.6 Å². The summed E-state index contributed by atoms with van der Waals surface area (Å²) < 4.78 is 13.1. The summed E-state index contributed by atoms with van der Waals surface area (Å²) >= 11 is 0. The fourth-order valence-corrected chi connectivity index (χ4v) is 4.58. The van der Waals surface area contributed by atoms with E-state index in [1.54, 1.807) is 0 Å². The minimum Gasteiger partial charge on any atom is -0.329 e. The molecule has 0 spiro atoms. The maximum atomic E-state index is 13.1. The number of aryl methyl sites for hydroxylation is 1. The smallest absolute Gasteiger partial charge is 0.247 e. The molecule has 33 heavy (non-hydrogen) atoms. The zero-order valence-corrected chi connectivity index (χ0v) is 18.0. The number of carbonyl (C=O) groups excluding carboxylic acids is 1. The molecule has 0 radical (unpaired) electrons. The summed E-state index contributed by atoms with van der Waals surface area (Å²) in [6, 6.07) is 2.31. The third-order valence-electron chi connectivity index (χ3n) is 6.43. The van der Waals surface area contributed by atoms with Gasteiger partial charge in [0.25, 0.3) is 0 Å². The van der Waals surface area contributed by atoms with Gasteiger partial charge in [0.05, 0.1) is 17.6 Å². The Hall–Kier alpha value is -3.63. The minimum absolute atomic E-state index is 0.178. The topological polar surface area (TPSA) is 125 Å². The molecular formula is C22H24FN9O. The van der Waals surface area contributed by atoms with Crippen LogP contribution in [0.2, 0.25) is 0 Å². The van der Waals surface area contributed by atoms with Crippen LogP contribution in [0.3, 0.4) is 0 Å². The highest BCUT2D eigenvalue weighted by Crippen LogP contribution is 2.38. The van der Waals surface area contributed by atoms with Crippen LogP contribution in [0.1, 0.15) is 55.1 Å². The molecule has 0 bridgehead atoms. The van der Waals surface area contributed by atoms with E-state index in [1.807, 2.05) is 4.90 Å². The van der Waals surface area contributed by atoms with Crippen molar-refractivity contribution in [3.8, 4) is 0 Å². The van der Waals surface area contributed by atoms with Crippen molar-refractivity contribution in [2.24, 2.45) is 0 Å². The first-order valence-corrected chi connectivity index (χ1v) is 11.4. The predicted molar refractivity (Wildman–Crippen MR) is 119 cm³/mol. The number of nitrogens with one attached hydrogen (secondary N) is 3. The summed E-state index contributed by atoms with van der Waals surface area (Å²) in [7, 11) is 0. The molecule has 3 aromatic heterocycles. The molecule has 3 aromatic rings. The summed E-state index contributed by atoms with van der Waals surface area (Å²) in [5, 5.41) is 13.4. The van der Waals surface area contributed by atoms with Crippen LogP contribution in [0.15, 0.2) is 18.3 Å². The number of carbonyl (C=O) groups is 1. The second-order valence-electron chi connectivity index (χ2n) is 8.80. The van der Waals surface area contributed by atoms with Gasteiger partial charge in [-0.25, -0.2) is 9.97 Å². The fourth-order valence-electron chi connectivity index (χ4n) is 4.58. The Morgan fingerprint density at radius 3 is 2.85 bits per heavy atom. The molecular weight excluding hydrogens is 425 g/mol. The quantitative estimate of drug-likeness (QED) is 0.491. The van der Waals surface area contributed by atoms with Crippen molar-refractivity contribution in [2.75, 3.05) is 22.1 Å². The Bertz CT molecular complexity index is 1190. The Labute approximate surface area is 189 Å². The number of anilines is 4. The highest BCUT2D eigenvalue weighted by Gasteiger charge is 2.34. The van der Waals surface area contributed by atoms with Gasteiger partial charge in [-0.2, -0.15) is 14.4 Å². The molecule has 6 rings (SSSR count). The highest BCUT2D eigenvalue weighted by molar-refractivity contribution is 5.96.